The number of rotatable bonds is 4. The molecule has 1 N–H and O–H groups in total. The first-order chi connectivity index (χ1) is 9.15. The van der Waals surface area contributed by atoms with Gasteiger partial charge < -0.3 is 5.32 Å². The van der Waals surface area contributed by atoms with Crippen LogP contribution in [-0.4, -0.2) is 16.5 Å². The van der Waals surface area contributed by atoms with E-state index in [0.29, 0.717) is 5.52 Å². The molecule has 1 fully saturated rings. The van der Waals surface area contributed by atoms with Gasteiger partial charge in [-0.2, -0.15) is 0 Å². The Morgan fingerprint density at radius 2 is 2.26 bits per heavy atom. The number of benzene rings is 1. The molecule has 1 aromatic carbocycles. The summed E-state index contributed by atoms with van der Waals surface area (Å²) in [7, 11) is 0. The van der Waals surface area contributed by atoms with Crippen molar-refractivity contribution < 1.29 is 4.92 Å². The van der Waals surface area contributed by atoms with Gasteiger partial charge in [0.2, 0.25) is 0 Å². The number of nitro benzene ring substituents is 1. The molecule has 0 spiro atoms. The van der Waals surface area contributed by atoms with Gasteiger partial charge in [0, 0.05) is 29.4 Å². The van der Waals surface area contributed by atoms with Crippen molar-refractivity contribution >= 4 is 22.3 Å². The number of pyridine rings is 1. The number of aromatic nitrogens is 1. The summed E-state index contributed by atoms with van der Waals surface area (Å²) in [4.78, 5) is 15.0. The van der Waals surface area contributed by atoms with E-state index in [2.05, 4.69) is 10.3 Å². The molecule has 1 heterocycles. The summed E-state index contributed by atoms with van der Waals surface area (Å²) in [5, 5.41) is 15.3. The van der Waals surface area contributed by atoms with Crippen LogP contribution in [0.25, 0.3) is 10.9 Å². The van der Waals surface area contributed by atoms with Gasteiger partial charge in [-0.25, -0.2) is 4.98 Å². The lowest BCUT2D eigenvalue weighted by molar-refractivity contribution is -0.383. The second kappa shape index (κ2) is 4.50. The Morgan fingerprint density at radius 1 is 1.47 bits per heavy atom. The molecule has 2 aromatic rings. The number of nitrogens with one attached hydrogen (secondary N) is 1. The van der Waals surface area contributed by atoms with Crippen LogP contribution in [0.5, 0.6) is 0 Å². The second-order valence-corrected chi connectivity index (χ2v) is 5.07. The topological polar surface area (TPSA) is 68.1 Å². The Balaban J connectivity index is 2.09. The molecule has 5 nitrogen and oxygen atoms in total. The maximum absolute atomic E-state index is 11.1. The van der Waals surface area contributed by atoms with Gasteiger partial charge in [-0.05, 0) is 31.7 Å². The molecule has 5 heteroatoms. The van der Waals surface area contributed by atoms with Gasteiger partial charge in [0.1, 0.15) is 0 Å². The highest BCUT2D eigenvalue weighted by molar-refractivity contribution is 5.96. The molecule has 98 valence electrons. The first kappa shape index (κ1) is 11.9. The second-order valence-electron chi connectivity index (χ2n) is 5.07. The Morgan fingerprint density at radius 3 is 2.95 bits per heavy atom. The summed E-state index contributed by atoms with van der Waals surface area (Å²) in [5.41, 5.74) is 2.26. The van der Waals surface area contributed by atoms with Crippen molar-refractivity contribution in [2.24, 2.45) is 5.92 Å². The summed E-state index contributed by atoms with van der Waals surface area (Å²) in [5.74, 6) is 0.752. The molecular weight excluding hydrogens is 242 g/mol. The number of para-hydroxylation sites is 1. The largest absolute Gasteiger partial charge is 0.384 e. The van der Waals surface area contributed by atoms with Crippen LogP contribution in [0.4, 0.5) is 11.4 Å². The number of anilines is 1. The molecule has 19 heavy (non-hydrogen) atoms. The van der Waals surface area contributed by atoms with E-state index in [0.717, 1.165) is 29.2 Å². The predicted octanol–water partition coefficient (Wildman–Crippen LogP) is 3.27. The summed E-state index contributed by atoms with van der Waals surface area (Å²) >= 11 is 0. The zero-order valence-corrected chi connectivity index (χ0v) is 10.7. The van der Waals surface area contributed by atoms with E-state index < -0.39 is 0 Å². The van der Waals surface area contributed by atoms with Crippen LogP contribution in [0, 0.1) is 23.0 Å². The highest BCUT2D eigenvalue weighted by Crippen LogP contribution is 2.32. The normalized spacial score (nSPS) is 14.6. The quantitative estimate of drug-likeness (QED) is 0.674. The molecule has 0 bridgehead atoms. The third-order valence-corrected chi connectivity index (χ3v) is 3.42. The number of nitro groups is 1. The van der Waals surface area contributed by atoms with Crippen LogP contribution < -0.4 is 5.32 Å². The molecule has 0 aliphatic heterocycles. The zero-order chi connectivity index (χ0) is 13.4. The molecule has 1 saturated carbocycles. The standard InChI is InChI=1S/C14H15N3O2/c1-9-7-12(15-8-10-5-6-10)11-3-2-4-13(17(18)19)14(11)16-9/h2-4,7,10H,5-6,8H2,1H3,(H,15,16). The van der Waals surface area contributed by atoms with E-state index in [1.165, 1.54) is 18.9 Å². The van der Waals surface area contributed by atoms with Gasteiger partial charge in [-0.1, -0.05) is 12.1 Å². The van der Waals surface area contributed by atoms with Gasteiger partial charge in [0.15, 0.2) is 5.52 Å². The van der Waals surface area contributed by atoms with Gasteiger partial charge in [0.05, 0.1) is 4.92 Å². The number of hydrogen-bond acceptors (Lipinski definition) is 4. The Hall–Kier alpha value is -2.17. The monoisotopic (exact) mass is 257 g/mol. The lowest BCUT2D eigenvalue weighted by Gasteiger charge is -2.10. The number of nitrogens with zero attached hydrogens (tertiary/aromatic N) is 2. The minimum absolute atomic E-state index is 0.0654. The van der Waals surface area contributed by atoms with Crippen molar-refractivity contribution in [2.45, 2.75) is 19.8 Å². The molecule has 0 radical (unpaired) electrons. The maximum atomic E-state index is 11.1. The molecule has 1 aliphatic carbocycles. The van der Waals surface area contributed by atoms with Gasteiger partial charge in [0.25, 0.3) is 5.69 Å². The Bertz CT molecular complexity index is 650. The fraction of sp³-hybridized carbons (Fsp3) is 0.357. The van der Waals surface area contributed by atoms with Crippen molar-refractivity contribution in [1.82, 2.24) is 4.98 Å². The molecule has 0 amide bonds. The van der Waals surface area contributed by atoms with E-state index >= 15 is 0 Å². The van der Waals surface area contributed by atoms with Crippen LogP contribution in [0.2, 0.25) is 0 Å². The molecule has 0 unspecified atom stereocenters. The van der Waals surface area contributed by atoms with E-state index in [1.54, 1.807) is 6.07 Å². The van der Waals surface area contributed by atoms with E-state index in [9.17, 15) is 10.1 Å². The fourth-order valence-corrected chi connectivity index (χ4v) is 2.23. The highest BCUT2D eigenvalue weighted by atomic mass is 16.6. The smallest absolute Gasteiger partial charge is 0.295 e. The lowest BCUT2D eigenvalue weighted by atomic mass is 10.1. The molecule has 3 rings (SSSR count). The zero-order valence-electron chi connectivity index (χ0n) is 10.7. The fourth-order valence-electron chi connectivity index (χ4n) is 2.23. The summed E-state index contributed by atoms with van der Waals surface area (Å²) in [6, 6.07) is 7.04. The van der Waals surface area contributed by atoms with Crippen LogP contribution in [0.3, 0.4) is 0 Å². The average molecular weight is 257 g/mol. The first-order valence-corrected chi connectivity index (χ1v) is 6.44. The predicted molar refractivity (Wildman–Crippen MR) is 74.3 cm³/mol. The number of non-ortho nitro benzene ring substituents is 1. The van der Waals surface area contributed by atoms with E-state index in [4.69, 9.17) is 0 Å². The van der Waals surface area contributed by atoms with Crippen LogP contribution >= 0.6 is 0 Å². The average Bonchev–Trinajstić information content (AvgIpc) is 3.18. The van der Waals surface area contributed by atoms with Crippen LogP contribution in [-0.2, 0) is 0 Å². The summed E-state index contributed by atoms with van der Waals surface area (Å²) in [6.07, 6.45) is 2.55. The number of hydrogen-bond donors (Lipinski definition) is 1. The SMILES string of the molecule is Cc1cc(NCC2CC2)c2cccc([N+](=O)[O-])c2n1. The molecule has 1 aliphatic rings. The minimum atomic E-state index is -0.376. The Labute approximate surface area is 110 Å². The van der Waals surface area contributed by atoms with E-state index in [1.807, 2.05) is 19.1 Å². The van der Waals surface area contributed by atoms with Crippen LogP contribution in [0.15, 0.2) is 24.3 Å². The third kappa shape index (κ3) is 2.36. The van der Waals surface area contributed by atoms with E-state index in [-0.39, 0.29) is 10.6 Å². The van der Waals surface area contributed by atoms with Crippen molar-refractivity contribution in [1.29, 1.82) is 0 Å². The van der Waals surface area contributed by atoms with Gasteiger partial charge in [-0.3, -0.25) is 10.1 Å². The van der Waals surface area contributed by atoms with Gasteiger partial charge in [-0.15, -0.1) is 0 Å². The first-order valence-electron chi connectivity index (χ1n) is 6.44. The van der Waals surface area contributed by atoms with Gasteiger partial charge >= 0.3 is 0 Å². The third-order valence-electron chi connectivity index (χ3n) is 3.42. The lowest BCUT2D eigenvalue weighted by Crippen LogP contribution is -2.05. The molecule has 0 atom stereocenters. The molecular formula is C14H15N3O2. The molecule has 1 aromatic heterocycles. The van der Waals surface area contributed by atoms with Crippen molar-refractivity contribution in [3.8, 4) is 0 Å². The highest BCUT2D eigenvalue weighted by Gasteiger charge is 2.21. The Kier molecular flexibility index (Phi) is 2.81. The minimum Gasteiger partial charge on any atom is -0.384 e. The molecule has 0 saturated heterocycles. The van der Waals surface area contributed by atoms with Crippen molar-refractivity contribution in [2.75, 3.05) is 11.9 Å². The van der Waals surface area contributed by atoms with Crippen LogP contribution in [0.1, 0.15) is 18.5 Å². The summed E-state index contributed by atoms with van der Waals surface area (Å²) in [6.45, 7) is 2.79. The van der Waals surface area contributed by atoms with Crippen molar-refractivity contribution in [3.63, 3.8) is 0 Å². The maximum Gasteiger partial charge on any atom is 0.295 e. The summed E-state index contributed by atoms with van der Waals surface area (Å²) < 4.78 is 0. The number of aryl methyl sites for hydroxylation is 1. The van der Waals surface area contributed by atoms with Crippen molar-refractivity contribution in [3.05, 3.63) is 40.1 Å². The number of fused-ring (bicyclic) bond motifs is 1.